The molecule has 1 unspecified atom stereocenters. The number of carbonyl (C=O) groups excluding carboxylic acids is 1. The van der Waals surface area contributed by atoms with Gasteiger partial charge >= 0.3 is 12.1 Å². The van der Waals surface area contributed by atoms with E-state index < -0.39 is 12.1 Å². The molecule has 1 atom stereocenters. The van der Waals surface area contributed by atoms with Gasteiger partial charge in [-0.25, -0.2) is 9.78 Å². The lowest BCUT2D eigenvalue weighted by molar-refractivity contribution is -0.192. The summed E-state index contributed by atoms with van der Waals surface area (Å²) < 4.78 is 31.7. The highest BCUT2D eigenvalue weighted by atomic mass is 19.4. The Morgan fingerprint density at radius 3 is 2.11 bits per heavy atom. The molecule has 0 radical (unpaired) electrons. The quantitative estimate of drug-likeness (QED) is 0.613. The number of rotatable bonds is 3. The molecule has 4 rings (SSSR count). The molecular formula is C26H36F3N5O3. The summed E-state index contributed by atoms with van der Waals surface area (Å²) in [4.78, 5) is 31.1. The first-order valence-electron chi connectivity index (χ1n) is 12.6. The summed E-state index contributed by atoms with van der Waals surface area (Å²) in [6.45, 7) is 12.4. The molecule has 0 bridgehead atoms. The van der Waals surface area contributed by atoms with Crippen LogP contribution in [0.5, 0.6) is 0 Å². The normalized spacial score (nSPS) is 19.8. The number of H-pyrrole nitrogens is 1. The number of hydrogen-bond acceptors (Lipinski definition) is 5. The number of aliphatic carboxylic acids is 1. The number of alkyl halides is 3. The van der Waals surface area contributed by atoms with E-state index in [1.54, 1.807) is 0 Å². The predicted octanol–water partition coefficient (Wildman–Crippen LogP) is 4.53. The van der Waals surface area contributed by atoms with Crippen LogP contribution in [0.1, 0.15) is 79.9 Å². The third-order valence-corrected chi connectivity index (χ3v) is 6.94. The Morgan fingerprint density at radius 1 is 1.03 bits per heavy atom. The molecule has 0 saturated carbocycles. The van der Waals surface area contributed by atoms with Crippen LogP contribution in [0.25, 0.3) is 0 Å². The van der Waals surface area contributed by atoms with E-state index in [2.05, 4.69) is 53.0 Å². The van der Waals surface area contributed by atoms with Crippen LogP contribution < -0.4 is 0 Å². The fourth-order valence-corrected chi connectivity index (χ4v) is 4.82. The van der Waals surface area contributed by atoms with Gasteiger partial charge in [-0.3, -0.25) is 14.8 Å². The summed E-state index contributed by atoms with van der Waals surface area (Å²) >= 11 is 0. The first-order chi connectivity index (χ1) is 17.3. The number of hydrogen-bond donors (Lipinski definition) is 2. The summed E-state index contributed by atoms with van der Waals surface area (Å²) in [6, 6.07) is 8.73. The number of benzene rings is 1. The zero-order chi connectivity index (χ0) is 27.4. The Kier molecular flexibility index (Phi) is 8.99. The van der Waals surface area contributed by atoms with E-state index in [0.717, 1.165) is 62.7 Å². The lowest BCUT2D eigenvalue weighted by Crippen LogP contribution is -2.49. The highest BCUT2D eigenvalue weighted by Crippen LogP contribution is 2.29. The molecule has 2 aliphatic heterocycles. The Balaban J connectivity index is 0.000000479. The van der Waals surface area contributed by atoms with Crippen LogP contribution in [0.2, 0.25) is 0 Å². The number of piperidine rings is 2. The number of aryl methyl sites for hydroxylation is 1. The standard InChI is InChI=1S/C24H35N5O.C2HF3O2/c1-17-25-22(27-26-17)19-6-5-13-29(16-19)21-11-14-28(15-12-21)23(30)18-7-9-20(10-8-18)24(2,3)4;3-2(4,5)1(6)7/h7-10,19,21H,5-6,11-16H2,1-4H3,(H,25,26,27);(H,6,7). The number of aromatic nitrogens is 3. The largest absolute Gasteiger partial charge is 0.490 e. The van der Waals surface area contributed by atoms with Crippen molar-refractivity contribution in [1.29, 1.82) is 0 Å². The van der Waals surface area contributed by atoms with Gasteiger partial charge in [0.25, 0.3) is 5.91 Å². The maximum absolute atomic E-state index is 13.0. The van der Waals surface area contributed by atoms with Crippen molar-refractivity contribution in [2.45, 2.75) is 76.9 Å². The highest BCUT2D eigenvalue weighted by Gasteiger charge is 2.38. The van der Waals surface area contributed by atoms with E-state index >= 15 is 0 Å². The second kappa shape index (κ2) is 11.6. The number of carboxylic acid groups (broad SMARTS) is 1. The summed E-state index contributed by atoms with van der Waals surface area (Å²) in [7, 11) is 0. The molecule has 1 aromatic carbocycles. The third kappa shape index (κ3) is 7.77. The number of nitrogens with one attached hydrogen (secondary N) is 1. The van der Waals surface area contributed by atoms with E-state index in [1.165, 1.54) is 12.0 Å². The number of likely N-dealkylation sites (tertiary alicyclic amines) is 2. The fourth-order valence-electron chi connectivity index (χ4n) is 4.82. The minimum Gasteiger partial charge on any atom is -0.475 e. The molecule has 2 aromatic rings. The van der Waals surface area contributed by atoms with Crippen molar-refractivity contribution in [3.63, 3.8) is 0 Å². The number of nitrogens with zero attached hydrogens (tertiary/aromatic N) is 4. The van der Waals surface area contributed by atoms with Crippen molar-refractivity contribution in [1.82, 2.24) is 25.0 Å². The van der Waals surface area contributed by atoms with Gasteiger partial charge in [0.2, 0.25) is 0 Å². The molecule has 8 nitrogen and oxygen atoms in total. The van der Waals surface area contributed by atoms with Gasteiger partial charge in [-0.1, -0.05) is 32.9 Å². The molecule has 1 aromatic heterocycles. The second-order valence-corrected chi connectivity index (χ2v) is 10.8. The number of carbonyl (C=O) groups is 2. The number of amides is 1. The molecule has 1 amide bonds. The molecule has 0 spiro atoms. The molecule has 37 heavy (non-hydrogen) atoms. The van der Waals surface area contributed by atoms with Gasteiger partial charge in [0.1, 0.15) is 5.82 Å². The molecule has 2 aliphatic rings. The lowest BCUT2D eigenvalue weighted by Gasteiger charge is -2.42. The van der Waals surface area contributed by atoms with E-state index in [-0.39, 0.29) is 11.3 Å². The highest BCUT2D eigenvalue weighted by molar-refractivity contribution is 5.94. The number of halogens is 3. The van der Waals surface area contributed by atoms with Crippen LogP contribution in [0, 0.1) is 6.92 Å². The van der Waals surface area contributed by atoms with Crippen molar-refractivity contribution in [3.8, 4) is 0 Å². The van der Waals surface area contributed by atoms with Gasteiger partial charge in [-0.2, -0.15) is 18.3 Å². The smallest absolute Gasteiger partial charge is 0.475 e. The monoisotopic (exact) mass is 523 g/mol. The Labute approximate surface area is 215 Å². The molecule has 204 valence electrons. The molecule has 3 heterocycles. The SMILES string of the molecule is Cc1nc(C2CCCN(C3CCN(C(=O)c4ccc(C(C)(C)C)cc4)CC3)C2)n[nH]1.O=C(O)C(F)(F)F. The predicted molar refractivity (Wildman–Crippen MR) is 132 cm³/mol. The molecular weight excluding hydrogens is 487 g/mol. The molecule has 11 heteroatoms. The van der Waals surface area contributed by atoms with Gasteiger partial charge in [-0.05, 0) is 62.3 Å². The van der Waals surface area contributed by atoms with Gasteiger partial charge in [0.15, 0.2) is 5.82 Å². The average molecular weight is 524 g/mol. The zero-order valence-corrected chi connectivity index (χ0v) is 21.8. The molecule has 0 aliphatic carbocycles. The maximum Gasteiger partial charge on any atom is 0.490 e. The average Bonchev–Trinajstić information content (AvgIpc) is 3.29. The van der Waals surface area contributed by atoms with Gasteiger partial charge in [0.05, 0.1) is 0 Å². The Hall–Kier alpha value is -2.95. The summed E-state index contributed by atoms with van der Waals surface area (Å²) in [5, 5.41) is 14.5. The van der Waals surface area contributed by atoms with Gasteiger partial charge in [0, 0.05) is 37.2 Å². The third-order valence-electron chi connectivity index (χ3n) is 6.94. The van der Waals surface area contributed by atoms with E-state index in [9.17, 15) is 18.0 Å². The molecule has 2 fully saturated rings. The van der Waals surface area contributed by atoms with Crippen LogP contribution in [0.15, 0.2) is 24.3 Å². The lowest BCUT2D eigenvalue weighted by atomic mass is 9.86. The maximum atomic E-state index is 13.0. The van der Waals surface area contributed by atoms with Crippen LogP contribution >= 0.6 is 0 Å². The van der Waals surface area contributed by atoms with Crippen LogP contribution in [-0.4, -0.2) is 80.4 Å². The second-order valence-electron chi connectivity index (χ2n) is 10.8. The Morgan fingerprint density at radius 2 is 1.62 bits per heavy atom. The van der Waals surface area contributed by atoms with Crippen molar-refractivity contribution >= 4 is 11.9 Å². The number of aromatic amines is 1. The Bertz CT molecular complexity index is 1050. The van der Waals surface area contributed by atoms with Gasteiger partial charge in [-0.15, -0.1) is 0 Å². The van der Waals surface area contributed by atoms with Crippen LogP contribution in [0.4, 0.5) is 13.2 Å². The van der Waals surface area contributed by atoms with E-state index in [1.807, 2.05) is 24.0 Å². The number of carboxylic acids is 1. The minimum absolute atomic E-state index is 0.107. The van der Waals surface area contributed by atoms with Crippen molar-refractivity contribution in [3.05, 3.63) is 47.0 Å². The van der Waals surface area contributed by atoms with E-state index in [0.29, 0.717) is 12.0 Å². The topological polar surface area (TPSA) is 102 Å². The summed E-state index contributed by atoms with van der Waals surface area (Å²) in [5.74, 6) is -0.313. The first kappa shape index (κ1) is 28.6. The van der Waals surface area contributed by atoms with Crippen molar-refractivity contribution in [2.24, 2.45) is 0 Å². The molecule has 2 N–H and O–H groups in total. The van der Waals surface area contributed by atoms with E-state index in [4.69, 9.17) is 9.90 Å². The van der Waals surface area contributed by atoms with Crippen LogP contribution in [0.3, 0.4) is 0 Å². The fraction of sp³-hybridized carbons (Fsp3) is 0.615. The molecule has 2 saturated heterocycles. The summed E-state index contributed by atoms with van der Waals surface area (Å²) in [5.41, 5.74) is 2.18. The van der Waals surface area contributed by atoms with Crippen molar-refractivity contribution < 1.29 is 27.9 Å². The van der Waals surface area contributed by atoms with Crippen molar-refractivity contribution in [2.75, 3.05) is 26.2 Å². The van der Waals surface area contributed by atoms with Crippen LogP contribution in [-0.2, 0) is 10.2 Å². The summed E-state index contributed by atoms with van der Waals surface area (Å²) in [6.07, 6.45) is -0.635. The van der Waals surface area contributed by atoms with Gasteiger partial charge < -0.3 is 10.0 Å². The zero-order valence-electron chi connectivity index (χ0n) is 21.8. The minimum atomic E-state index is -5.08. The first-order valence-corrected chi connectivity index (χ1v) is 12.6.